The van der Waals surface area contributed by atoms with Gasteiger partial charge in [-0.15, -0.1) is 10.2 Å². The number of carbonyl (C=O) groups excluding carboxylic acids is 1. The molecular formula is C30H39ClN6O3S2. The number of hydrogen-bond acceptors (Lipinski definition) is 8. The predicted octanol–water partition coefficient (Wildman–Crippen LogP) is 5.31. The van der Waals surface area contributed by atoms with E-state index in [-0.39, 0.29) is 25.8 Å². The van der Waals surface area contributed by atoms with Crippen LogP contribution in [0.5, 0.6) is 0 Å². The number of fused-ring (bicyclic) bond motifs is 1. The van der Waals surface area contributed by atoms with Crippen LogP contribution in [0.25, 0.3) is 10.6 Å². The number of benzene rings is 3. The summed E-state index contributed by atoms with van der Waals surface area (Å²) >= 11 is 9.28. The van der Waals surface area contributed by atoms with Crippen LogP contribution in [-0.4, -0.2) is 70.7 Å². The highest BCUT2D eigenvalue weighted by molar-refractivity contribution is 8.00. The molecule has 1 amide bonds. The Morgan fingerprint density at radius 1 is 0.976 bits per heavy atom. The van der Waals surface area contributed by atoms with E-state index in [2.05, 4.69) is 55.1 Å². The molecular weight excluding hydrogens is 592 g/mol. The molecule has 1 fully saturated rings. The summed E-state index contributed by atoms with van der Waals surface area (Å²) in [5, 5.41) is 11.0. The molecule has 1 saturated heterocycles. The first-order chi connectivity index (χ1) is 19.5. The van der Waals surface area contributed by atoms with E-state index in [0.717, 1.165) is 76.9 Å². The molecule has 1 atom stereocenters. The second-order valence-electron chi connectivity index (χ2n) is 10.0. The van der Waals surface area contributed by atoms with Crippen molar-refractivity contribution < 1.29 is 18.6 Å². The molecule has 0 aliphatic carbocycles. The van der Waals surface area contributed by atoms with E-state index < -0.39 is 0 Å². The molecule has 2 aliphatic heterocycles. The molecule has 1 aromatic heterocycles. The van der Waals surface area contributed by atoms with Gasteiger partial charge in [-0.1, -0.05) is 53.3 Å². The van der Waals surface area contributed by atoms with Gasteiger partial charge in [-0.3, -0.25) is 4.79 Å². The number of carbonyl (C=O) groups is 1. The van der Waals surface area contributed by atoms with Crippen LogP contribution >= 0.6 is 34.9 Å². The van der Waals surface area contributed by atoms with E-state index >= 15 is 0 Å². The van der Waals surface area contributed by atoms with Gasteiger partial charge in [0.25, 0.3) is 0 Å². The highest BCUT2D eigenvalue weighted by Gasteiger charge is 2.31. The first-order valence-corrected chi connectivity index (χ1v) is 15.6. The van der Waals surface area contributed by atoms with Crippen LogP contribution in [0, 0.1) is 0 Å². The summed E-state index contributed by atoms with van der Waals surface area (Å²) in [5.74, 6) is 0.201. The molecule has 226 valence electrons. The summed E-state index contributed by atoms with van der Waals surface area (Å²) in [6, 6.07) is 24.4. The third-order valence-corrected chi connectivity index (χ3v) is 9.57. The van der Waals surface area contributed by atoms with E-state index in [4.69, 9.17) is 11.6 Å². The van der Waals surface area contributed by atoms with Gasteiger partial charge in [0, 0.05) is 62.4 Å². The number of hydrogen-bond donors (Lipinski definition) is 1. The first kappa shape index (κ1) is 31.6. The number of halogens is 1. The fourth-order valence-electron chi connectivity index (χ4n) is 5.37. The predicted molar refractivity (Wildman–Crippen MR) is 178 cm³/mol. The average Bonchev–Trinajstić information content (AvgIpc) is 3.49. The van der Waals surface area contributed by atoms with Crippen LogP contribution in [0.4, 0.5) is 16.5 Å². The molecule has 0 saturated carbocycles. The van der Waals surface area contributed by atoms with E-state index in [0.29, 0.717) is 0 Å². The number of rotatable bonds is 7. The zero-order chi connectivity index (χ0) is 27.5. The highest BCUT2D eigenvalue weighted by atomic mass is 35.5. The Morgan fingerprint density at radius 3 is 2.45 bits per heavy atom. The van der Waals surface area contributed by atoms with Gasteiger partial charge in [0.05, 0.1) is 0 Å². The van der Waals surface area contributed by atoms with Crippen molar-refractivity contribution in [1.82, 2.24) is 15.1 Å². The van der Waals surface area contributed by atoms with Crippen LogP contribution in [-0.2, 0) is 11.2 Å². The van der Waals surface area contributed by atoms with Crippen molar-refractivity contribution in [3.8, 4) is 10.6 Å². The fraction of sp³-hybridized carbons (Fsp3) is 0.300. The third-order valence-electron chi connectivity index (χ3n) is 7.52. The number of piperazine rings is 1. The largest absolute Gasteiger partial charge is 0.412 e. The second-order valence-corrected chi connectivity index (χ2v) is 12.3. The van der Waals surface area contributed by atoms with Gasteiger partial charge in [-0.2, -0.15) is 0 Å². The van der Waals surface area contributed by atoms with E-state index in [9.17, 15) is 4.79 Å². The zero-order valence-corrected chi connectivity index (χ0v) is 25.7. The molecule has 12 heteroatoms. The van der Waals surface area contributed by atoms with Crippen LogP contribution in [0.15, 0.2) is 77.7 Å². The van der Waals surface area contributed by atoms with Gasteiger partial charge in [0.15, 0.2) is 0 Å². The topological polar surface area (TPSA) is 128 Å². The number of nitrogens with zero attached hydrogens (tertiary/aromatic N) is 5. The number of anilines is 3. The van der Waals surface area contributed by atoms with Crippen molar-refractivity contribution in [1.29, 1.82) is 0 Å². The lowest BCUT2D eigenvalue weighted by atomic mass is 10.00. The zero-order valence-electron chi connectivity index (χ0n) is 23.3. The lowest BCUT2D eigenvalue weighted by Crippen LogP contribution is -2.55. The molecule has 3 aromatic carbocycles. The van der Waals surface area contributed by atoms with Gasteiger partial charge in [-0.05, 0) is 79.7 Å². The van der Waals surface area contributed by atoms with E-state index in [1.165, 1.54) is 34.5 Å². The molecule has 3 heterocycles. The Labute approximate surface area is 262 Å². The molecule has 9 nitrogen and oxygen atoms in total. The van der Waals surface area contributed by atoms with Gasteiger partial charge < -0.3 is 30.4 Å². The van der Waals surface area contributed by atoms with E-state index in [1.54, 1.807) is 0 Å². The summed E-state index contributed by atoms with van der Waals surface area (Å²) in [6.07, 6.45) is 2.05. The Kier molecular flexibility index (Phi) is 10.7. The maximum atomic E-state index is 13.5. The molecule has 0 radical (unpaired) electrons. The van der Waals surface area contributed by atoms with Crippen molar-refractivity contribution in [3.05, 3.63) is 83.4 Å². The standard InChI is InChI=1S/C30H31ClN6OS2.2H2O.2H2/c1-21(37-15-5-8-23-20-24(31)9-14-27(23)37)29(38)36-18-16-35(17-19-36)25-10-12-26(13-11-25)40-34-30-33-32-28(39-30)22-6-3-2-4-7-22;;;;/h2-4,6-7,9-14,20-21H,5,8,15-19H2,1H3,(H,33,34);2*1H2;2*1H/t21-;;;;/m1..../s1. The number of aromatic nitrogens is 2. The fourth-order valence-corrected chi connectivity index (χ4v) is 6.97. The highest BCUT2D eigenvalue weighted by Crippen LogP contribution is 2.32. The molecule has 42 heavy (non-hydrogen) atoms. The van der Waals surface area contributed by atoms with Crippen molar-refractivity contribution in [2.75, 3.05) is 47.2 Å². The SMILES string of the molecule is C[C@H](C(=O)N1CCN(c2ccc(SNc3nnc(-c4ccccc4)s3)cc2)CC1)N1CCCc2cc(Cl)ccc21.O.O.[HH].[HH]. The summed E-state index contributed by atoms with van der Waals surface area (Å²) in [4.78, 5) is 21.2. The van der Waals surface area contributed by atoms with Crippen LogP contribution in [0.1, 0.15) is 21.8 Å². The number of amides is 1. The molecule has 0 bridgehead atoms. The molecule has 4 aromatic rings. The molecule has 2 aliphatic rings. The van der Waals surface area contributed by atoms with Gasteiger partial charge in [0.1, 0.15) is 11.0 Å². The quantitative estimate of drug-likeness (QED) is 0.274. The minimum absolute atomic E-state index is 0. The van der Waals surface area contributed by atoms with Gasteiger partial charge >= 0.3 is 0 Å². The van der Waals surface area contributed by atoms with Crippen molar-refractivity contribution >= 4 is 57.3 Å². The molecule has 6 rings (SSSR count). The third kappa shape index (κ3) is 6.99. The molecule has 0 spiro atoms. The van der Waals surface area contributed by atoms with Crippen LogP contribution in [0.2, 0.25) is 5.02 Å². The lowest BCUT2D eigenvalue weighted by molar-refractivity contribution is -0.132. The number of aryl methyl sites for hydroxylation is 1. The minimum atomic E-state index is -0.188. The Bertz CT molecular complexity index is 1480. The average molecular weight is 631 g/mol. The second kappa shape index (κ2) is 14.2. The summed E-state index contributed by atoms with van der Waals surface area (Å²) in [7, 11) is 0. The summed E-state index contributed by atoms with van der Waals surface area (Å²) in [5.41, 5.74) is 4.63. The monoisotopic (exact) mass is 630 g/mol. The summed E-state index contributed by atoms with van der Waals surface area (Å²) < 4.78 is 3.31. The van der Waals surface area contributed by atoms with Crippen LogP contribution in [0.3, 0.4) is 0 Å². The molecule has 5 N–H and O–H groups in total. The Balaban J connectivity index is 0.00000169. The maximum Gasteiger partial charge on any atom is 0.245 e. The van der Waals surface area contributed by atoms with Gasteiger partial charge in [0.2, 0.25) is 11.0 Å². The minimum Gasteiger partial charge on any atom is -0.412 e. The van der Waals surface area contributed by atoms with Crippen molar-refractivity contribution in [2.24, 2.45) is 0 Å². The Morgan fingerprint density at radius 2 is 1.71 bits per heavy atom. The summed E-state index contributed by atoms with van der Waals surface area (Å²) in [6.45, 7) is 6.03. The first-order valence-electron chi connectivity index (χ1n) is 13.6. The van der Waals surface area contributed by atoms with Gasteiger partial charge in [-0.25, -0.2) is 0 Å². The lowest BCUT2D eigenvalue weighted by Gasteiger charge is -2.41. The van der Waals surface area contributed by atoms with Crippen molar-refractivity contribution in [2.45, 2.75) is 30.7 Å². The van der Waals surface area contributed by atoms with E-state index in [1.807, 2.05) is 54.3 Å². The normalized spacial score (nSPS) is 15.2. The smallest absolute Gasteiger partial charge is 0.245 e. The van der Waals surface area contributed by atoms with Crippen LogP contribution < -0.4 is 14.5 Å². The number of nitrogens with one attached hydrogen (secondary N) is 1. The Hall–Kier alpha value is -3.35. The van der Waals surface area contributed by atoms with Crippen molar-refractivity contribution in [3.63, 3.8) is 0 Å². The maximum absolute atomic E-state index is 13.5. The molecule has 0 unspecified atom stereocenters.